The Labute approximate surface area is 122 Å². The summed E-state index contributed by atoms with van der Waals surface area (Å²) < 4.78 is 51.0. The van der Waals surface area contributed by atoms with Crippen molar-refractivity contribution in [3.05, 3.63) is 29.3 Å². The zero-order valence-electron chi connectivity index (χ0n) is 11.9. The predicted molar refractivity (Wildman–Crippen MR) is 77.6 cm³/mol. The molecule has 0 radical (unpaired) electrons. The number of hydrogen-bond acceptors (Lipinski definition) is 5. The normalized spacial score (nSPS) is 27.2. The number of nitrogen functional groups attached to an aromatic ring is 1. The Kier molecular flexibility index (Phi) is 3.28. The molecule has 0 saturated heterocycles. The Bertz CT molecular complexity index is 744. The van der Waals surface area contributed by atoms with Crippen LogP contribution in [0.5, 0.6) is 0 Å². The molecule has 5 nitrogen and oxygen atoms in total. The van der Waals surface area contributed by atoms with Crippen molar-refractivity contribution in [2.45, 2.75) is 31.1 Å². The fourth-order valence-corrected chi connectivity index (χ4v) is 3.97. The van der Waals surface area contributed by atoms with Crippen molar-refractivity contribution in [1.82, 2.24) is 0 Å². The van der Waals surface area contributed by atoms with Gasteiger partial charge in [0.1, 0.15) is 16.1 Å². The van der Waals surface area contributed by atoms with Crippen LogP contribution >= 0.6 is 0 Å². The first kappa shape index (κ1) is 15.7. The number of nitrogens with zero attached hydrogens (tertiary/aromatic N) is 1. The summed E-state index contributed by atoms with van der Waals surface area (Å²) in [7, 11) is -3.69. The Hall–Kier alpha value is -1.70. The van der Waals surface area contributed by atoms with Crippen LogP contribution in [-0.4, -0.2) is 24.8 Å². The van der Waals surface area contributed by atoms with Crippen LogP contribution in [0.2, 0.25) is 0 Å². The maximum absolute atomic E-state index is 14.0. The first-order chi connectivity index (χ1) is 9.41. The summed E-state index contributed by atoms with van der Waals surface area (Å²) in [6.45, 7) is 4.25. The summed E-state index contributed by atoms with van der Waals surface area (Å²) in [5, 5.41) is 0. The summed E-state index contributed by atoms with van der Waals surface area (Å²) in [4.78, 5) is 4.13. The molecule has 0 amide bonds. The lowest BCUT2D eigenvalue weighted by Gasteiger charge is -2.38. The van der Waals surface area contributed by atoms with Crippen LogP contribution in [0, 0.1) is 11.6 Å². The molecule has 0 aliphatic carbocycles. The summed E-state index contributed by atoms with van der Waals surface area (Å²) in [5.74, 6) is -2.94. The fourth-order valence-electron chi connectivity index (χ4n) is 2.28. The highest BCUT2D eigenvalue weighted by atomic mass is 32.2. The summed E-state index contributed by atoms with van der Waals surface area (Å²) in [5.41, 5.74) is 9.52. The molecule has 116 valence electrons. The van der Waals surface area contributed by atoms with Crippen LogP contribution in [0.1, 0.15) is 26.3 Å². The molecule has 1 aromatic carbocycles. The Morgan fingerprint density at radius 3 is 2.29 bits per heavy atom. The van der Waals surface area contributed by atoms with Crippen LogP contribution < -0.4 is 11.5 Å². The zero-order chi connectivity index (χ0) is 16.2. The molecule has 1 heterocycles. The third-order valence-corrected chi connectivity index (χ3v) is 6.57. The molecule has 0 fully saturated rings. The van der Waals surface area contributed by atoms with Gasteiger partial charge < -0.3 is 11.5 Å². The lowest BCUT2D eigenvalue weighted by molar-refractivity contribution is 0.446. The molecule has 4 N–H and O–H groups in total. The number of amidine groups is 1. The van der Waals surface area contributed by atoms with E-state index >= 15 is 0 Å². The van der Waals surface area contributed by atoms with E-state index in [4.69, 9.17) is 11.5 Å². The summed E-state index contributed by atoms with van der Waals surface area (Å²) in [6.07, 6.45) is 0. The molecule has 1 aliphatic heterocycles. The Morgan fingerprint density at radius 2 is 1.76 bits per heavy atom. The second kappa shape index (κ2) is 4.40. The van der Waals surface area contributed by atoms with E-state index in [-0.39, 0.29) is 17.1 Å². The van der Waals surface area contributed by atoms with Crippen LogP contribution in [0.25, 0.3) is 0 Å². The van der Waals surface area contributed by atoms with Crippen molar-refractivity contribution in [1.29, 1.82) is 0 Å². The van der Waals surface area contributed by atoms with Gasteiger partial charge in [-0.15, -0.1) is 0 Å². The second-order valence-corrected chi connectivity index (χ2v) is 8.44. The van der Waals surface area contributed by atoms with E-state index in [1.807, 2.05) is 0 Å². The van der Waals surface area contributed by atoms with E-state index in [0.29, 0.717) is 0 Å². The van der Waals surface area contributed by atoms with Crippen molar-refractivity contribution >= 4 is 21.4 Å². The van der Waals surface area contributed by atoms with Gasteiger partial charge >= 0.3 is 0 Å². The maximum atomic E-state index is 14.0. The highest BCUT2D eigenvalue weighted by Crippen LogP contribution is 2.38. The monoisotopic (exact) mass is 317 g/mol. The first-order valence-corrected chi connectivity index (χ1v) is 7.89. The second-order valence-electron chi connectivity index (χ2n) is 5.90. The lowest BCUT2D eigenvalue weighted by atomic mass is 9.92. The number of halogens is 2. The molecule has 0 saturated carbocycles. The third-order valence-electron chi connectivity index (χ3n) is 3.86. The summed E-state index contributed by atoms with van der Waals surface area (Å²) in [6, 6.07) is 2.01. The van der Waals surface area contributed by atoms with Gasteiger partial charge in [-0.1, -0.05) is 0 Å². The molecule has 0 spiro atoms. The summed E-state index contributed by atoms with van der Waals surface area (Å²) >= 11 is 0. The zero-order valence-corrected chi connectivity index (χ0v) is 12.8. The molecule has 21 heavy (non-hydrogen) atoms. The number of aliphatic imine (C=N–C) groups is 1. The SMILES string of the molecule is CC1(C)C(N)=N[C@](C)(c2cc(N)cc(F)c2F)CS1(=O)=O. The maximum Gasteiger partial charge on any atom is 0.165 e. The average Bonchev–Trinajstić information content (AvgIpc) is 2.30. The molecule has 0 bridgehead atoms. The van der Waals surface area contributed by atoms with Crippen molar-refractivity contribution in [2.75, 3.05) is 11.5 Å². The largest absolute Gasteiger partial charge is 0.399 e. The van der Waals surface area contributed by atoms with Crippen LogP contribution in [0.15, 0.2) is 17.1 Å². The van der Waals surface area contributed by atoms with E-state index < -0.39 is 37.5 Å². The highest BCUT2D eigenvalue weighted by Gasteiger charge is 2.49. The third kappa shape index (κ3) is 2.27. The fraction of sp³-hybridized carbons (Fsp3) is 0.462. The first-order valence-electron chi connectivity index (χ1n) is 6.24. The highest BCUT2D eigenvalue weighted by molar-refractivity contribution is 7.93. The van der Waals surface area contributed by atoms with Gasteiger partial charge in [-0.05, 0) is 32.9 Å². The van der Waals surface area contributed by atoms with E-state index in [2.05, 4.69) is 4.99 Å². The number of hydrogen-bond donors (Lipinski definition) is 2. The van der Waals surface area contributed by atoms with Crippen LogP contribution in [0.4, 0.5) is 14.5 Å². The van der Waals surface area contributed by atoms with Gasteiger partial charge in [0.2, 0.25) is 0 Å². The Balaban J connectivity index is 2.73. The minimum Gasteiger partial charge on any atom is -0.399 e. The van der Waals surface area contributed by atoms with Gasteiger partial charge in [0, 0.05) is 11.3 Å². The molecular weight excluding hydrogens is 300 g/mol. The van der Waals surface area contributed by atoms with Gasteiger partial charge in [-0.3, -0.25) is 4.99 Å². The van der Waals surface area contributed by atoms with E-state index in [9.17, 15) is 17.2 Å². The number of anilines is 1. The lowest BCUT2D eigenvalue weighted by Crippen LogP contribution is -2.55. The van der Waals surface area contributed by atoms with Gasteiger partial charge in [0.25, 0.3) is 0 Å². The topological polar surface area (TPSA) is 98.5 Å². The quantitative estimate of drug-likeness (QED) is 0.763. The van der Waals surface area contributed by atoms with E-state index in [1.54, 1.807) is 0 Å². The number of rotatable bonds is 1. The predicted octanol–water partition coefficient (Wildman–Crippen LogP) is 1.33. The van der Waals surface area contributed by atoms with E-state index in [0.717, 1.165) is 6.07 Å². The van der Waals surface area contributed by atoms with Gasteiger partial charge in [0.05, 0.1) is 5.75 Å². The molecule has 0 aromatic heterocycles. The minimum absolute atomic E-state index is 0.0128. The van der Waals surface area contributed by atoms with Crippen molar-refractivity contribution in [3.63, 3.8) is 0 Å². The molecule has 8 heteroatoms. The smallest absolute Gasteiger partial charge is 0.165 e. The number of benzene rings is 1. The molecule has 0 unspecified atom stereocenters. The minimum atomic E-state index is -3.69. The van der Waals surface area contributed by atoms with Gasteiger partial charge in [-0.2, -0.15) is 0 Å². The van der Waals surface area contributed by atoms with Crippen molar-refractivity contribution in [3.8, 4) is 0 Å². The molecular formula is C13H17F2N3O2S. The van der Waals surface area contributed by atoms with Crippen LogP contribution in [-0.2, 0) is 15.4 Å². The average molecular weight is 317 g/mol. The van der Waals surface area contributed by atoms with Crippen LogP contribution in [0.3, 0.4) is 0 Å². The molecule has 1 aliphatic rings. The standard InChI is InChI=1S/C13H17F2N3O2S/c1-12(2)11(17)18-13(3,6-21(12,19)20)8-4-7(16)5-9(14)10(8)15/h4-5H,6,16H2,1-3H3,(H2,17,18)/t13-/m0/s1. The van der Waals surface area contributed by atoms with Gasteiger partial charge in [0.15, 0.2) is 21.5 Å². The van der Waals surface area contributed by atoms with E-state index in [1.165, 1.54) is 26.8 Å². The van der Waals surface area contributed by atoms with Gasteiger partial charge in [-0.25, -0.2) is 17.2 Å². The molecule has 1 aromatic rings. The number of sulfone groups is 1. The van der Waals surface area contributed by atoms with Crippen molar-refractivity contribution in [2.24, 2.45) is 10.7 Å². The molecule has 2 rings (SSSR count). The Morgan fingerprint density at radius 1 is 1.19 bits per heavy atom. The molecule has 1 atom stereocenters. The van der Waals surface area contributed by atoms with Crippen molar-refractivity contribution < 1.29 is 17.2 Å². The number of nitrogens with two attached hydrogens (primary N) is 2.